The number of rotatable bonds is 5. The van der Waals surface area contributed by atoms with Gasteiger partial charge in [0.15, 0.2) is 11.5 Å². The van der Waals surface area contributed by atoms with Crippen molar-refractivity contribution >= 4 is 11.8 Å². The maximum atomic E-state index is 12.0. The summed E-state index contributed by atoms with van der Waals surface area (Å²) in [4.78, 5) is 23.6. The lowest BCUT2D eigenvalue weighted by Crippen LogP contribution is -2.43. The Morgan fingerprint density at radius 1 is 1.35 bits per heavy atom. The van der Waals surface area contributed by atoms with Crippen molar-refractivity contribution in [2.24, 2.45) is 5.41 Å². The third-order valence-electron chi connectivity index (χ3n) is 2.97. The molecule has 0 spiro atoms. The number of carbonyl (C=O) groups is 2. The Bertz CT molecular complexity index is 512. The van der Waals surface area contributed by atoms with Gasteiger partial charge in [0.1, 0.15) is 0 Å². The van der Waals surface area contributed by atoms with Crippen molar-refractivity contribution in [1.29, 1.82) is 0 Å². The Morgan fingerprint density at radius 2 is 2.00 bits per heavy atom. The minimum Gasteiger partial charge on any atom is -0.504 e. The predicted molar refractivity (Wildman–Crippen MR) is 74.8 cm³/mol. The Morgan fingerprint density at radius 3 is 2.50 bits per heavy atom. The fraction of sp³-hybridized carbons (Fsp3) is 0.429. The van der Waals surface area contributed by atoms with Crippen LogP contribution in [0.1, 0.15) is 24.2 Å². The second-order valence-electron chi connectivity index (χ2n) is 5.03. The fourth-order valence-electron chi connectivity index (χ4n) is 1.65. The molecule has 0 radical (unpaired) electrons. The number of benzene rings is 1. The van der Waals surface area contributed by atoms with E-state index < -0.39 is 5.41 Å². The van der Waals surface area contributed by atoms with Crippen LogP contribution in [0.15, 0.2) is 18.2 Å². The monoisotopic (exact) mass is 280 g/mol. The van der Waals surface area contributed by atoms with E-state index in [-0.39, 0.29) is 24.1 Å². The molecule has 1 rings (SSSR count). The molecule has 0 aromatic heterocycles. The van der Waals surface area contributed by atoms with Crippen molar-refractivity contribution in [1.82, 2.24) is 10.6 Å². The van der Waals surface area contributed by atoms with E-state index in [1.165, 1.54) is 19.2 Å². The lowest BCUT2D eigenvalue weighted by molar-refractivity contribution is -0.128. The van der Waals surface area contributed by atoms with Crippen LogP contribution in [-0.4, -0.2) is 37.6 Å². The first-order valence-corrected chi connectivity index (χ1v) is 6.19. The zero-order chi connectivity index (χ0) is 15.3. The highest BCUT2D eigenvalue weighted by atomic mass is 16.5. The van der Waals surface area contributed by atoms with Gasteiger partial charge in [-0.3, -0.25) is 9.59 Å². The number of methoxy groups -OCH3 is 1. The number of phenolic OH excluding ortho intramolecular Hbond substituents is 1. The van der Waals surface area contributed by atoms with E-state index in [4.69, 9.17) is 4.74 Å². The summed E-state index contributed by atoms with van der Waals surface area (Å²) in [6.07, 6.45) is 0. The molecule has 0 aliphatic heterocycles. The zero-order valence-corrected chi connectivity index (χ0v) is 12.1. The minimum atomic E-state index is -0.709. The highest BCUT2D eigenvalue weighted by Gasteiger charge is 2.27. The Hall–Kier alpha value is -2.24. The van der Waals surface area contributed by atoms with E-state index in [1.807, 2.05) is 0 Å². The standard InChI is InChI=1S/C14H20N2O4/c1-14(2,13(19)15-3)8-16-12(18)9-5-6-11(20-4)10(17)7-9/h5-7,17H,8H2,1-4H3,(H,15,19)(H,16,18). The summed E-state index contributed by atoms with van der Waals surface area (Å²) in [6, 6.07) is 4.37. The minimum absolute atomic E-state index is 0.106. The molecule has 20 heavy (non-hydrogen) atoms. The average Bonchev–Trinajstić information content (AvgIpc) is 2.43. The normalized spacial score (nSPS) is 10.8. The highest BCUT2D eigenvalue weighted by Crippen LogP contribution is 2.26. The first-order chi connectivity index (χ1) is 9.31. The number of carbonyl (C=O) groups excluding carboxylic acids is 2. The molecule has 0 saturated carbocycles. The number of hydrogen-bond acceptors (Lipinski definition) is 4. The topological polar surface area (TPSA) is 87.7 Å². The van der Waals surface area contributed by atoms with Gasteiger partial charge in [-0.05, 0) is 32.0 Å². The second-order valence-corrected chi connectivity index (χ2v) is 5.03. The van der Waals surface area contributed by atoms with Gasteiger partial charge in [-0.2, -0.15) is 0 Å². The third-order valence-corrected chi connectivity index (χ3v) is 2.97. The molecule has 0 saturated heterocycles. The van der Waals surface area contributed by atoms with Gasteiger partial charge in [0, 0.05) is 19.2 Å². The van der Waals surface area contributed by atoms with Crippen molar-refractivity contribution in [2.45, 2.75) is 13.8 Å². The van der Waals surface area contributed by atoms with Crippen LogP contribution in [0.3, 0.4) is 0 Å². The molecule has 1 aromatic rings. The number of ether oxygens (including phenoxy) is 1. The largest absolute Gasteiger partial charge is 0.504 e. The van der Waals surface area contributed by atoms with Gasteiger partial charge in [-0.15, -0.1) is 0 Å². The van der Waals surface area contributed by atoms with Crippen LogP contribution in [0, 0.1) is 5.41 Å². The van der Waals surface area contributed by atoms with Crippen LogP contribution in [-0.2, 0) is 4.79 Å². The van der Waals surface area contributed by atoms with Crippen LogP contribution >= 0.6 is 0 Å². The van der Waals surface area contributed by atoms with Crippen molar-refractivity contribution in [3.8, 4) is 11.5 Å². The summed E-state index contributed by atoms with van der Waals surface area (Å²) in [5.74, 6) is -0.326. The van der Waals surface area contributed by atoms with E-state index in [0.29, 0.717) is 11.3 Å². The molecule has 0 aliphatic carbocycles. The van der Waals surface area contributed by atoms with Crippen molar-refractivity contribution < 1.29 is 19.4 Å². The molecule has 6 heteroatoms. The van der Waals surface area contributed by atoms with Gasteiger partial charge in [-0.25, -0.2) is 0 Å². The van der Waals surface area contributed by atoms with E-state index in [0.717, 1.165) is 0 Å². The van der Waals surface area contributed by atoms with Crippen LogP contribution in [0.5, 0.6) is 11.5 Å². The number of hydrogen-bond donors (Lipinski definition) is 3. The summed E-state index contributed by atoms with van der Waals surface area (Å²) < 4.78 is 4.91. The van der Waals surface area contributed by atoms with Gasteiger partial charge >= 0.3 is 0 Å². The van der Waals surface area contributed by atoms with Crippen LogP contribution in [0.4, 0.5) is 0 Å². The Labute approximate surface area is 118 Å². The highest BCUT2D eigenvalue weighted by molar-refractivity contribution is 5.95. The van der Waals surface area contributed by atoms with E-state index in [2.05, 4.69) is 10.6 Å². The molecule has 0 heterocycles. The second kappa shape index (κ2) is 6.27. The van der Waals surface area contributed by atoms with Gasteiger partial charge in [-0.1, -0.05) is 0 Å². The molecule has 0 aliphatic rings. The average molecular weight is 280 g/mol. The summed E-state index contributed by atoms with van der Waals surface area (Å²) in [7, 11) is 2.98. The van der Waals surface area contributed by atoms with E-state index >= 15 is 0 Å². The molecule has 0 unspecified atom stereocenters. The Kier molecular flexibility index (Phi) is 4.96. The molecule has 6 nitrogen and oxygen atoms in total. The zero-order valence-electron chi connectivity index (χ0n) is 12.1. The number of aromatic hydroxyl groups is 1. The van der Waals surface area contributed by atoms with Gasteiger partial charge in [0.25, 0.3) is 5.91 Å². The van der Waals surface area contributed by atoms with Crippen LogP contribution in [0.2, 0.25) is 0 Å². The van der Waals surface area contributed by atoms with Crippen molar-refractivity contribution in [3.05, 3.63) is 23.8 Å². The first kappa shape index (κ1) is 15.8. The maximum absolute atomic E-state index is 12.0. The quantitative estimate of drug-likeness (QED) is 0.748. The summed E-state index contributed by atoms with van der Waals surface area (Å²) in [5, 5.41) is 14.8. The summed E-state index contributed by atoms with van der Waals surface area (Å²) in [5.41, 5.74) is -0.408. The number of amides is 2. The van der Waals surface area contributed by atoms with Gasteiger partial charge in [0.2, 0.25) is 5.91 Å². The van der Waals surface area contributed by atoms with Gasteiger partial charge in [0.05, 0.1) is 12.5 Å². The van der Waals surface area contributed by atoms with Gasteiger partial charge < -0.3 is 20.5 Å². The molecule has 0 bridgehead atoms. The smallest absolute Gasteiger partial charge is 0.251 e. The summed E-state index contributed by atoms with van der Waals surface area (Å²) in [6.45, 7) is 3.66. The molecule has 0 atom stereocenters. The number of phenols is 1. The van der Waals surface area contributed by atoms with E-state index in [9.17, 15) is 14.7 Å². The molecule has 110 valence electrons. The lowest BCUT2D eigenvalue weighted by atomic mass is 9.92. The Balaban J connectivity index is 2.73. The molecule has 2 amide bonds. The fourth-order valence-corrected chi connectivity index (χ4v) is 1.65. The predicted octanol–water partition coefficient (Wildman–Crippen LogP) is 0.903. The van der Waals surface area contributed by atoms with E-state index in [1.54, 1.807) is 27.0 Å². The molecule has 0 fully saturated rings. The van der Waals surface area contributed by atoms with Crippen molar-refractivity contribution in [3.63, 3.8) is 0 Å². The SMILES string of the molecule is CNC(=O)C(C)(C)CNC(=O)c1ccc(OC)c(O)c1. The van der Waals surface area contributed by atoms with Crippen molar-refractivity contribution in [2.75, 3.05) is 20.7 Å². The maximum Gasteiger partial charge on any atom is 0.251 e. The molecular weight excluding hydrogens is 260 g/mol. The number of nitrogens with one attached hydrogen (secondary N) is 2. The lowest BCUT2D eigenvalue weighted by Gasteiger charge is -2.22. The van der Waals surface area contributed by atoms with Crippen LogP contribution < -0.4 is 15.4 Å². The molecular formula is C14H20N2O4. The molecule has 3 N–H and O–H groups in total. The summed E-state index contributed by atoms with van der Waals surface area (Å²) >= 11 is 0. The van der Waals surface area contributed by atoms with Crippen LogP contribution in [0.25, 0.3) is 0 Å². The third kappa shape index (κ3) is 3.63. The first-order valence-electron chi connectivity index (χ1n) is 6.19. The molecule has 1 aromatic carbocycles.